The molecule has 0 amide bonds. The smallest absolute Gasteiger partial charge is 0.336 e. The van der Waals surface area contributed by atoms with Crippen LogP contribution in [0.2, 0.25) is 0 Å². The van der Waals surface area contributed by atoms with E-state index in [2.05, 4.69) is 6.92 Å². The number of unbranched alkanes of at least 4 members (excludes halogenated alkanes) is 2. The lowest BCUT2D eigenvalue weighted by molar-refractivity contribution is 0.101. The fourth-order valence-electron chi connectivity index (χ4n) is 2.35. The first-order valence-corrected chi connectivity index (χ1v) is 7.25. The fraction of sp³-hybridized carbons (Fsp3) is 0.412. The summed E-state index contributed by atoms with van der Waals surface area (Å²) in [4.78, 5) is 23.5. The van der Waals surface area contributed by atoms with E-state index in [1.54, 1.807) is 6.07 Å². The predicted molar refractivity (Wildman–Crippen MR) is 82.2 cm³/mol. The molecule has 4 heteroatoms. The molecule has 112 valence electrons. The Balaban J connectivity index is 2.49. The van der Waals surface area contributed by atoms with E-state index in [0.29, 0.717) is 23.5 Å². The highest BCUT2D eigenvalue weighted by atomic mass is 16.5. The lowest BCUT2D eigenvalue weighted by Gasteiger charge is -2.12. The molecule has 2 aromatic rings. The van der Waals surface area contributed by atoms with Gasteiger partial charge in [-0.1, -0.05) is 19.8 Å². The SMILES string of the molecule is CCCCCOc1ccc2c(C)cc(=O)oc2c1C(C)=O. The zero-order valence-corrected chi connectivity index (χ0v) is 12.7. The van der Waals surface area contributed by atoms with Crippen molar-refractivity contribution in [2.75, 3.05) is 6.61 Å². The highest BCUT2D eigenvalue weighted by Gasteiger charge is 2.17. The van der Waals surface area contributed by atoms with Crippen LogP contribution in [0.5, 0.6) is 5.75 Å². The molecule has 1 heterocycles. The average molecular weight is 288 g/mol. The summed E-state index contributed by atoms with van der Waals surface area (Å²) in [6.45, 7) is 5.95. The topological polar surface area (TPSA) is 56.5 Å². The number of carbonyl (C=O) groups is 1. The minimum atomic E-state index is -0.453. The normalized spacial score (nSPS) is 10.8. The Bertz CT molecular complexity index is 713. The molecule has 0 saturated heterocycles. The number of ketones is 1. The molecule has 0 atom stereocenters. The Morgan fingerprint density at radius 2 is 2.05 bits per heavy atom. The van der Waals surface area contributed by atoms with E-state index >= 15 is 0 Å². The van der Waals surface area contributed by atoms with Gasteiger partial charge in [0.05, 0.1) is 6.61 Å². The summed E-state index contributed by atoms with van der Waals surface area (Å²) >= 11 is 0. The fourth-order valence-corrected chi connectivity index (χ4v) is 2.35. The molecule has 0 aliphatic rings. The molecular formula is C17H20O4. The maximum absolute atomic E-state index is 11.9. The van der Waals surface area contributed by atoms with Gasteiger partial charge in [-0.25, -0.2) is 4.79 Å². The molecule has 0 saturated carbocycles. The van der Waals surface area contributed by atoms with E-state index in [9.17, 15) is 9.59 Å². The number of aryl methyl sites for hydroxylation is 1. The van der Waals surface area contributed by atoms with Crippen LogP contribution in [0.15, 0.2) is 27.4 Å². The number of hydrogen-bond acceptors (Lipinski definition) is 4. The van der Waals surface area contributed by atoms with Gasteiger partial charge in [0.15, 0.2) is 11.4 Å². The molecule has 1 aromatic carbocycles. The van der Waals surface area contributed by atoms with E-state index in [0.717, 1.165) is 30.2 Å². The summed E-state index contributed by atoms with van der Waals surface area (Å²) in [7, 11) is 0. The van der Waals surface area contributed by atoms with Crippen molar-refractivity contribution in [1.29, 1.82) is 0 Å². The summed E-state index contributed by atoms with van der Waals surface area (Å²) in [5.41, 5.74) is 1.01. The van der Waals surface area contributed by atoms with Gasteiger partial charge in [-0.3, -0.25) is 4.79 Å². The molecular weight excluding hydrogens is 268 g/mol. The van der Waals surface area contributed by atoms with Gasteiger partial charge < -0.3 is 9.15 Å². The Morgan fingerprint density at radius 3 is 2.71 bits per heavy atom. The second-order valence-corrected chi connectivity index (χ2v) is 5.18. The molecule has 4 nitrogen and oxygen atoms in total. The van der Waals surface area contributed by atoms with E-state index in [-0.39, 0.29) is 5.78 Å². The largest absolute Gasteiger partial charge is 0.493 e. The highest BCUT2D eigenvalue weighted by Crippen LogP contribution is 2.29. The van der Waals surface area contributed by atoms with E-state index in [1.165, 1.54) is 13.0 Å². The third-order valence-corrected chi connectivity index (χ3v) is 3.44. The molecule has 0 spiro atoms. The van der Waals surface area contributed by atoms with Gasteiger partial charge in [-0.05, 0) is 38.0 Å². The van der Waals surface area contributed by atoms with Crippen LogP contribution in [0.4, 0.5) is 0 Å². The van der Waals surface area contributed by atoms with Gasteiger partial charge in [0.25, 0.3) is 0 Å². The zero-order chi connectivity index (χ0) is 15.4. The van der Waals surface area contributed by atoms with Crippen molar-refractivity contribution in [1.82, 2.24) is 0 Å². The molecule has 0 radical (unpaired) electrons. The summed E-state index contributed by atoms with van der Waals surface area (Å²) in [5.74, 6) is 0.319. The van der Waals surface area contributed by atoms with Crippen molar-refractivity contribution in [3.63, 3.8) is 0 Å². The zero-order valence-electron chi connectivity index (χ0n) is 12.7. The Hall–Kier alpha value is -2.10. The highest BCUT2D eigenvalue weighted by molar-refractivity contribution is 6.07. The third kappa shape index (κ3) is 3.32. The van der Waals surface area contributed by atoms with Gasteiger partial charge in [0.1, 0.15) is 11.3 Å². The summed E-state index contributed by atoms with van der Waals surface area (Å²) in [5, 5.41) is 0.765. The lowest BCUT2D eigenvalue weighted by Crippen LogP contribution is -2.06. The third-order valence-electron chi connectivity index (χ3n) is 3.44. The van der Waals surface area contributed by atoms with Crippen molar-refractivity contribution in [2.24, 2.45) is 0 Å². The molecule has 0 N–H and O–H groups in total. The van der Waals surface area contributed by atoms with Crippen LogP contribution in [0.1, 0.15) is 49.0 Å². The quantitative estimate of drug-likeness (QED) is 0.460. The first-order valence-electron chi connectivity index (χ1n) is 7.25. The van der Waals surface area contributed by atoms with Gasteiger partial charge >= 0.3 is 5.63 Å². The average Bonchev–Trinajstić information content (AvgIpc) is 2.42. The molecule has 0 aliphatic heterocycles. The number of carbonyl (C=O) groups excluding carboxylic acids is 1. The van der Waals surface area contributed by atoms with Gasteiger partial charge in [-0.2, -0.15) is 0 Å². The number of rotatable bonds is 6. The first kappa shape index (κ1) is 15.3. The summed E-state index contributed by atoms with van der Waals surface area (Å²) in [6, 6.07) is 5.03. The van der Waals surface area contributed by atoms with Crippen LogP contribution in [0, 0.1) is 6.92 Å². The second kappa shape index (κ2) is 6.57. The molecule has 0 unspecified atom stereocenters. The lowest BCUT2D eigenvalue weighted by atomic mass is 10.0. The number of hydrogen-bond donors (Lipinski definition) is 0. The van der Waals surface area contributed by atoms with Crippen LogP contribution in [-0.2, 0) is 0 Å². The van der Waals surface area contributed by atoms with Crippen LogP contribution in [0.3, 0.4) is 0 Å². The molecule has 0 aliphatic carbocycles. The van der Waals surface area contributed by atoms with Crippen LogP contribution in [0.25, 0.3) is 11.0 Å². The van der Waals surface area contributed by atoms with Gasteiger partial charge in [0.2, 0.25) is 0 Å². The molecule has 0 fully saturated rings. The van der Waals surface area contributed by atoms with Crippen molar-refractivity contribution < 1.29 is 13.9 Å². The minimum absolute atomic E-state index is 0.167. The molecule has 0 bridgehead atoms. The predicted octanol–water partition coefficient (Wildman–Crippen LogP) is 3.87. The van der Waals surface area contributed by atoms with E-state index < -0.39 is 5.63 Å². The number of ether oxygens (including phenoxy) is 1. The molecule has 1 aromatic heterocycles. The summed E-state index contributed by atoms with van der Waals surface area (Å²) < 4.78 is 11.0. The van der Waals surface area contributed by atoms with Crippen molar-refractivity contribution >= 4 is 16.8 Å². The second-order valence-electron chi connectivity index (χ2n) is 5.18. The molecule has 21 heavy (non-hydrogen) atoms. The van der Waals surface area contributed by atoms with Crippen LogP contribution < -0.4 is 10.4 Å². The monoisotopic (exact) mass is 288 g/mol. The summed E-state index contributed by atoms with van der Waals surface area (Å²) in [6.07, 6.45) is 3.12. The van der Waals surface area contributed by atoms with Crippen molar-refractivity contribution in [3.8, 4) is 5.75 Å². The first-order chi connectivity index (χ1) is 10.0. The maximum atomic E-state index is 11.9. The Morgan fingerprint density at radius 1 is 1.29 bits per heavy atom. The van der Waals surface area contributed by atoms with Crippen molar-refractivity contribution in [3.05, 3.63) is 39.7 Å². The number of benzene rings is 1. The standard InChI is InChI=1S/C17H20O4/c1-4-5-6-9-20-14-8-7-13-11(2)10-15(19)21-17(13)16(14)12(3)18/h7-8,10H,4-6,9H2,1-3H3. The minimum Gasteiger partial charge on any atom is -0.493 e. The van der Waals surface area contributed by atoms with Crippen LogP contribution >= 0.6 is 0 Å². The van der Waals surface area contributed by atoms with Crippen LogP contribution in [-0.4, -0.2) is 12.4 Å². The Kier molecular flexibility index (Phi) is 4.78. The number of Topliss-reactive ketones (excluding diaryl/α,β-unsaturated/α-hetero) is 1. The van der Waals surface area contributed by atoms with Crippen molar-refractivity contribution in [2.45, 2.75) is 40.0 Å². The van der Waals surface area contributed by atoms with Gasteiger partial charge in [0, 0.05) is 11.5 Å². The number of fused-ring (bicyclic) bond motifs is 1. The van der Waals surface area contributed by atoms with E-state index in [1.807, 2.05) is 13.0 Å². The van der Waals surface area contributed by atoms with Gasteiger partial charge in [-0.15, -0.1) is 0 Å². The maximum Gasteiger partial charge on any atom is 0.336 e. The Labute approximate surface area is 123 Å². The molecule has 2 rings (SSSR count). The van der Waals surface area contributed by atoms with E-state index in [4.69, 9.17) is 9.15 Å².